The second-order valence-corrected chi connectivity index (χ2v) is 10.5. The third-order valence-electron chi connectivity index (χ3n) is 7.12. The van der Waals surface area contributed by atoms with E-state index < -0.39 is 23.6 Å². The van der Waals surface area contributed by atoms with E-state index in [2.05, 4.69) is 31.1 Å². The summed E-state index contributed by atoms with van der Waals surface area (Å²) >= 11 is 1.21. The number of ether oxygens (including phenoxy) is 1. The molecule has 42 heavy (non-hydrogen) atoms. The van der Waals surface area contributed by atoms with Crippen LogP contribution in [0, 0.1) is 17.1 Å². The normalized spacial score (nSPS) is 15.8. The summed E-state index contributed by atoms with van der Waals surface area (Å²) in [5, 5.41) is 17.0. The van der Waals surface area contributed by atoms with E-state index >= 15 is 4.39 Å². The highest BCUT2D eigenvalue weighted by molar-refractivity contribution is 7.10. The first-order chi connectivity index (χ1) is 20.4. The third-order valence-corrected chi connectivity index (χ3v) is 7.84. The quantitative estimate of drug-likeness (QED) is 0.270. The van der Waals surface area contributed by atoms with Crippen molar-refractivity contribution >= 4 is 50.9 Å². The van der Waals surface area contributed by atoms with Gasteiger partial charge in [0, 0.05) is 61.5 Å². The molecule has 14 heteroatoms. The predicted octanol–water partition coefficient (Wildman–Crippen LogP) is 4.12. The van der Waals surface area contributed by atoms with Crippen molar-refractivity contribution in [1.29, 1.82) is 5.26 Å². The van der Waals surface area contributed by atoms with Gasteiger partial charge in [0.05, 0.1) is 42.7 Å². The molecule has 5 heterocycles. The molecule has 0 N–H and O–H groups in total. The van der Waals surface area contributed by atoms with Crippen molar-refractivity contribution in [2.24, 2.45) is 7.05 Å². The fraction of sp³-hybridized carbons (Fsp3) is 0.250. The highest BCUT2D eigenvalue weighted by atomic mass is 32.1. The van der Waals surface area contributed by atoms with E-state index in [4.69, 9.17) is 4.74 Å². The molecule has 0 spiro atoms. The van der Waals surface area contributed by atoms with Crippen molar-refractivity contribution in [2.45, 2.75) is 12.5 Å². The maximum atomic E-state index is 16.2. The number of halogens is 2. The number of hydrogen-bond donors (Lipinski definition) is 0. The monoisotopic (exact) mass is 587 g/mol. The minimum Gasteiger partial charge on any atom is -0.467 e. The van der Waals surface area contributed by atoms with E-state index in [0.29, 0.717) is 21.8 Å². The lowest BCUT2D eigenvalue weighted by atomic mass is 10.1. The Morgan fingerprint density at radius 3 is 2.88 bits per heavy atom. The number of carbonyl (C=O) groups excluding carboxylic acids is 1. The van der Waals surface area contributed by atoms with Gasteiger partial charge in [-0.2, -0.15) is 20.3 Å². The van der Waals surface area contributed by atoms with E-state index in [1.807, 2.05) is 17.0 Å². The lowest BCUT2D eigenvalue weighted by Gasteiger charge is -2.41. The molecule has 1 atom stereocenters. The van der Waals surface area contributed by atoms with Gasteiger partial charge in [0.2, 0.25) is 0 Å². The number of rotatable bonds is 6. The number of piperazine rings is 1. The van der Waals surface area contributed by atoms with Gasteiger partial charge in [0.15, 0.2) is 11.6 Å². The van der Waals surface area contributed by atoms with Gasteiger partial charge in [-0.25, -0.2) is 13.8 Å². The number of methoxy groups -OCH3 is 1. The number of aryl methyl sites for hydroxylation is 1. The van der Waals surface area contributed by atoms with Crippen LogP contribution in [0.5, 0.6) is 6.01 Å². The molecule has 0 bridgehead atoms. The van der Waals surface area contributed by atoms with Crippen LogP contribution in [-0.4, -0.2) is 73.3 Å². The van der Waals surface area contributed by atoms with Gasteiger partial charge < -0.3 is 14.5 Å². The van der Waals surface area contributed by atoms with E-state index in [1.165, 1.54) is 35.7 Å². The standard InChI is InChI=1S/C28H23F2N9O2S/c1-37-25-16(13-34-37)4-3-5-18(25)23-22(30)24-19(14-33-23)26(36-28(35-24)41-2)38-9-10-39(17(15-38)6-7-31)27(40)20(29)12-21-32-8-11-42-21/h3-5,8,11-14,17H,6,9-10,15H2,1-2H3/b20-12-. The van der Waals surface area contributed by atoms with Gasteiger partial charge >= 0.3 is 6.01 Å². The molecular formula is C28H23F2N9O2S. The van der Waals surface area contributed by atoms with Crippen LogP contribution < -0.4 is 9.64 Å². The average Bonchev–Trinajstić information content (AvgIpc) is 3.66. The Kier molecular flexibility index (Phi) is 7.17. The first kappa shape index (κ1) is 27.2. The van der Waals surface area contributed by atoms with E-state index in [1.54, 1.807) is 29.4 Å². The summed E-state index contributed by atoms with van der Waals surface area (Å²) in [6.45, 7) is 0.497. The summed E-state index contributed by atoms with van der Waals surface area (Å²) in [7, 11) is 3.16. The maximum absolute atomic E-state index is 16.2. The number of nitriles is 1. The van der Waals surface area contributed by atoms with E-state index in [9.17, 15) is 14.4 Å². The third kappa shape index (κ3) is 4.77. The van der Waals surface area contributed by atoms with Crippen LogP contribution in [0.1, 0.15) is 11.4 Å². The van der Waals surface area contributed by atoms with Crippen LogP contribution in [-0.2, 0) is 11.8 Å². The molecule has 1 aromatic carbocycles. The second-order valence-electron chi connectivity index (χ2n) is 9.55. The van der Waals surface area contributed by atoms with Crippen molar-refractivity contribution in [3.05, 3.63) is 58.8 Å². The van der Waals surface area contributed by atoms with Crippen molar-refractivity contribution in [1.82, 2.24) is 34.6 Å². The summed E-state index contributed by atoms with van der Waals surface area (Å²) in [5.74, 6) is -2.10. The smallest absolute Gasteiger partial charge is 0.318 e. The zero-order valence-corrected chi connectivity index (χ0v) is 23.3. The summed E-state index contributed by atoms with van der Waals surface area (Å²) in [6, 6.07) is 6.84. The summed E-state index contributed by atoms with van der Waals surface area (Å²) < 4.78 is 38.0. The molecule has 11 nitrogen and oxygen atoms in total. The summed E-state index contributed by atoms with van der Waals surface area (Å²) in [6.07, 6.45) is 5.77. The van der Waals surface area contributed by atoms with Gasteiger partial charge in [0.1, 0.15) is 22.0 Å². The average molecular weight is 588 g/mol. The molecule has 6 rings (SSSR count). The molecule has 0 radical (unpaired) electrons. The van der Waals surface area contributed by atoms with E-state index in [-0.39, 0.29) is 43.3 Å². The molecule has 4 aromatic heterocycles. The molecule has 1 aliphatic heterocycles. The zero-order chi connectivity index (χ0) is 29.4. The molecule has 1 fully saturated rings. The number of pyridine rings is 1. The maximum Gasteiger partial charge on any atom is 0.318 e. The molecule has 5 aromatic rings. The lowest BCUT2D eigenvalue weighted by Crippen LogP contribution is -2.55. The van der Waals surface area contributed by atoms with Gasteiger partial charge in [-0.1, -0.05) is 18.2 Å². The number of amides is 1. The molecule has 212 valence electrons. The summed E-state index contributed by atoms with van der Waals surface area (Å²) in [5.41, 5.74) is 1.39. The fourth-order valence-electron chi connectivity index (χ4n) is 5.17. The lowest BCUT2D eigenvalue weighted by molar-refractivity contribution is -0.131. The van der Waals surface area contributed by atoms with Crippen molar-refractivity contribution in [3.63, 3.8) is 0 Å². The van der Waals surface area contributed by atoms with Gasteiger partial charge in [-0.3, -0.25) is 14.5 Å². The minimum atomic E-state index is -0.960. The zero-order valence-electron chi connectivity index (χ0n) is 22.5. The van der Waals surface area contributed by atoms with Crippen LogP contribution >= 0.6 is 11.3 Å². The Morgan fingerprint density at radius 2 is 2.12 bits per heavy atom. The molecule has 1 unspecified atom stereocenters. The predicted molar refractivity (Wildman–Crippen MR) is 153 cm³/mol. The summed E-state index contributed by atoms with van der Waals surface area (Å²) in [4.78, 5) is 33.4. The Morgan fingerprint density at radius 1 is 1.26 bits per heavy atom. The fourth-order valence-corrected chi connectivity index (χ4v) is 5.73. The number of benzene rings is 1. The van der Waals surface area contributed by atoms with Crippen molar-refractivity contribution in [2.75, 3.05) is 31.6 Å². The molecular weight excluding hydrogens is 564 g/mol. The minimum absolute atomic E-state index is 0.00814. The second kappa shape index (κ2) is 11.1. The van der Waals surface area contributed by atoms with Gasteiger partial charge in [-0.05, 0) is 0 Å². The molecule has 1 aliphatic rings. The first-order valence-electron chi connectivity index (χ1n) is 12.9. The van der Waals surface area contributed by atoms with Gasteiger partial charge in [-0.15, -0.1) is 11.3 Å². The Balaban J connectivity index is 1.37. The van der Waals surface area contributed by atoms with E-state index in [0.717, 1.165) is 17.0 Å². The number of carbonyl (C=O) groups is 1. The number of aromatic nitrogens is 6. The number of nitrogens with zero attached hydrogens (tertiary/aromatic N) is 9. The Hall–Kier alpha value is -5.03. The van der Waals surface area contributed by atoms with Crippen LogP contribution in [0.3, 0.4) is 0 Å². The van der Waals surface area contributed by atoms with Crippen LogP contribution in [0.2, 0.25) is 0 Å². The molecule has 0 saturated carbocycles. The van der Waals surface area contributed by atoms with Gasteiger partial charge in [0.25, 0.3) is 5.91 Å². The molecule has 1 saturated heterocycles. The van der Waals surface area contributed by atoms with Crippen molar-refractivity contribution in [3.8, 4) is 23.3 Å². The molecule has 0 aliphatic carbocycles. The Bertz CT molecular complexity index is 1880. The van der Waals surface area contributed by atoms with Crippen LogP contribution in [0.15, 0.2) is 48.0 Å². The Labute approximate surface area is 242 Å². The van der Waals surface area contributed by atoms with Crippen LogP contribution in [0.4, 0.5) is 14.6 Å². The van der Waals surface area contributed by atoms with Crippen LogP contribution in [0.25, 0.3) is 39.1 Å². The number of thiazole rings is 1. The number of para-hydroxylation sites is 1. The highest BCUT2D eigenvalue weighted by Crippen LogP contribution is 2.35. The largest absolute Gasteiger partial charge is 0.467 e. The van der Waals surface area contributed by atoms with Crippen molar-refractivity contribution < 1.29 is 18.3 Å². The molecule has 1 amide bonds. The number of fused-ring (bicyclic) bond motifs is 2. The number of anilines is 1. The SMILES string of the molecule is COc1nc(N2CCN(C(=O)/C(F)=C/c3nccs3)C(CC#N)C2)c2cnc(-c3cccc4cnn(C)c34)c(F)c2n1. The first-order valence-corrected chi connectivity index (χ1v) is 13.8. The number of hydrogen-bond acceptors (Lipinski definition) is 10. The topological polar surface area (TPSA) is 126 Å². The highest BCUT2D eigenvalue weighted by Gasteiger charge is 2.34.